The zero-order chi connectivity index (χ0) is 15.4. The second-order valence-electron chi connectivity index (χ2n) is 5.47. The molecule has 0 bridgehead atoms. The molecule has 5 nitrogen and oxygen atoms in total. The summed E-state index contributed by atoms with van der Waals surface area (Å²) in [5.41, 5.74) is 0.815. The Morgan fingerprint density at radius 2 is 1.95 bits per heavy atom. The number of benzene rings is 1. The fourth-order valence-electron chi connectivity index (χ4n) is 2.37. The number of nitrogens with one attached hydrogen (secondary N) is 1. The van der Waals surface area contributed by atoms with Gasteiger partial charge in [-0.1, -0.05) is 6.92 Å². The molecule has 0 saturated carbocycles. The first-order chi connectivity index (χ1) is 10.0. The molecule has 21 heavy (non-hydrogen) atoms. The van der Waals surface area contributed by atoms with Gasteiger partial charge in [-0.2, -0.15) is 0 Å². The minimum absolute atomic E-state index is 0.0957. The summed E-state index contributed by atoms with van der Waals surface area (Å²) < 4.78 is 5.51. The summed E-state index contributed by atoms with van der Waals surface area (Å²) in [6.07, 6.45) is 1.18. The van der Waals surface area contributed by atoms with Crippen LogP contribution < -0.4 is 10.1 Å². The summed E-state index contributed by atoms with van der Waals surface area (Å²) in [4.78, 5) is 25.4. The van der Waals surface area contributed by atoms with Crippen molar-refractivity contribution in [1.29, 1.82) is 0 Å². The zero-order valence-electron chi connectivity index (χ0n) is 12.8. The van der Waals surface area contributed by atoms with Crippen LogP contribution in [0.4, 0.5) is 5.69 Å². The van der Waals surface area contributed by atoms with Crippen molar-refractivity contribution in [2.75, 3.05) is 11.9 Å². The Morgan fingerprint density at radius 1 is 1.29 bits per heavy atom. The summed E-state index contributed by atoms with van der Waals surface area (Å²) >= 11 is 0. The molecule has 1 aliphatic heterocycles. The van der Waals surface area contributed by atoms with Gasteiger partial charge in [-0.25, -0.2) is 0 Å². The first kappa shape index (κ1) is 15.4. The predicted octanol–water partition coefficient (Wildman–Crippen LogP) is 2.42. The Morgan fingerprint density at radius 3 is 2.48 bits per heavy atom. The topological polar surface area (TPSA) is 58.6 Å². The van der Waals surface area contributed by atoms with Crippen LogP contribution in [-0.2, 0) is 9.59 Å². The van der Waals surface area contributed by atoms with E-state index in [1.165, 1.54) is 4.90 Å². The smallest absolute Gasteiger partial charge is 0.252 e. The third kappa shape index (κ3) is 3.54. The van der Waals surface area contributed by atoms with Crippen molar-refractivity contribution in [2.24, 2.45) is 0 Å². The number of nitrogens with zero attached hydrogens (tertiary/aromatic N) is 1. The normalized spacial score (nSPS) is 18.5. The highest BCUT2D eigenvalue weighted by Gasteiger charge is 2.39. The van der Waals surface area contributed by atoms with Crippen LogP contribution in [0.3, 0.4) is 0 Å². The third-order valence-corrected chi connectivity index (χ3v) is 3.37. The van der Waals surface area contributed by atoms with Crippen molar-refractivity contribution in [1.82, 2.24) is 4.90 Å². The van der Waals surface area contributed by atoms with E-state index in [1.807, 2.05) is 38.1 Å². The Bertz CT molecular complexity index is 511. The van der Waals surface area contributed by atoms with E-state index in [1.54, 1.807) is 0 Å². The van der Waals surface area contributed by atoms with Crippen molar-refractivity contribution in [3.05, 3.63) is 24.3 Å². The molecule has 1 atom stereocenters. The molecule has 0 aliphatic carbocycles. The number of carbonyl (C=O) groups excluding carboxylic acids is 2. The number of carbonyl (C=O) groups is 2. The first-order valence-corrected chi connectivity index (χ1v) is 7.38. The lowest BCUT2D eigenvalue weighted by Gasteiger charge is -2.19. The van der Waals surface area contributed by atoms with Crippen molar-refractivity contribution in [3.63, 3.8) is 0 Å². The number of hydrogen-bond acceptors (Lipinski definition) is 4. The molecule has 1 N–H and O–H groups in total. The number of hydrogen-bond donors (Lipinski definition) is 1. The summed E-state index contributed by atoms with van der Waals surface area (Å²) in [5.74, 6) is 0.539. The Labute approximate surface area is 125 Å². The van der Waals surface area contributed by atoms with Crippen LogP contribution in [0.1, 0.15) is 33.6 Å². The van der Waals surface area contributed by atoms with Crippen LogP contribution in [0.25, 0.3) is 0 Å². The van der Waals surface area contributed by atoms with E-state index in [-0.39, 0.29) is 24.3 Å². The molecule has 1 heterocycles. The van der Waals surface area contributed by atoms with Gasteiger partial charge in [0, 0.05) is 11.7 Å². The monoisotopic (exact) mass is 290 g/mol. The van der Waals surface area contributed by atoms with Gasteiger partial charge in [-0.15, -0.1) is 0 Å². The third-order valence-electron chi connectivity index (χ3n) is 3.37. The van der Waals surface area contributed by atoms with Gasteiger partial charge in [-0.3, -0.25) is 14.5 Å². The van der Waals surface area contributed by atoms with E-state index in [0.717, 1.165) is 17.9 Å². The summed E-state index contributed by atoms with van der Waals surface area (Å²) in [6.45, 7) is 6.43. The summed E-state index contributed by atoms with van der Waals surface area (Å²) in [5, 5.41) is 3.12. The molecule has 1 aromatic carbocycles. The Balaban J connectivity index is 1.99. The van der Waals surface area contributed by atoms with Gasteiger partial charge in [0.1, 0.15) is 11.8 Å². The van der Waals surface area contributed by atoms with Gasteiger partial charge in [0.05, 0.1) is 13.0 Å². The fraction of sp³-hybridized carbons (Fsp3) is 0.500. The number of anilines is 1. The highest BCUT2D eigenvalue weighted by molar-refractivity contribution is 6.07. The van der Waals surface area contributed by atoms with Gasteiger partial charge >= 0.3 is 0 Å². The largest absolute Gasteiger partial charge is 0.494 e. The standard InChI is InChI=1S/C16H22N2O3/c1-4-9-21-13-7-5-12(6-8-13)17-14-10-15(19)18(11(2)3)16(14)20/h5-8,11,14,17H,4,9-10H2,1-3H3. The fourth-order valence-corrected chi connectivity index (χ4v) is 2.37. The van der Waals surface area contributed by atoms with E-state index in [9.17, 15) is 9.59 Å². The Kier molecular flexibility index (Phi) is 4.83. The molecule has 1 aromatic rings. The van der Waals surface area contributed by atoms with Crippen molar-refractivity contribution in [2.45, 2.75) is 45.7 Å². The minimum atomic E-state index is -0.470. The average molecular weight is 290 g/mol. The van der Waals surface area contributed by atoms with E-state index < -0.39 is 6.04 Å². The molecule has 0 aromatic heterocycles. The van der Waals surface area contributed by atoms with Crippen LogP contribution in [0, 0.1) is 0 Å². The highest BCUT2D eigenvalue weighted by atomic mass is 16.5. The van der Waals surface area contributed by atoms with Crippen LogP contribution in [-0.4, -0.2) is 35.4 Å². The molecule has 1 aliphatic rings. The molecule has 2 amide bonds. The molecular weight excluding hydrogens is 268 g/mol. The molecule has 1 fully saturated rings. The maximum Gasteiger partial charge on any atom is 0.252 e. The number of ether oxygens (including phenoxy) is 1. The number of imide groups is 1. The van der Waals surface area contributed by atoms with Gasteiger partial charge in [0.2, 0.25) is 5.91 Å². The van der Waals surface area contributed by atoms with Gasteiger partial charge in [0.15, 0.2) is 0 Å². The Hall–Kier alpha value is -2.04. The zero-order valence-corrected chi connectivity index (χ0v) is 12.8. The van der Waals surface area contributed by atoms with Crippen LogP contribution >= 0.6 is 0 Å². The van der Waals surface area contributed by atoms with E-state index in [4.69, 9.17) is 4.74 Å². The molecule has 2 rings (SSSR count). The average Bonchev–Trinajstić information content (AvgIpc) is 2.72. The van der Waals surface area contributed by atoms with E-state index in [0.29, 0.717) is 6.61 Å². The lowest BCUT2D eigenvalue weighted by Crippen LogP contribution is -2.39. The van der Waals surface area contributed by atoms with Crippen molar-refractivity contribution >= 4 is 17.5 Å². The lowest BCUT2D eigenvalue weighted by atomic mass is 10.2. The molecular formula is C16H22N2O3. The van der Waals surface area contributed by atoms with Gasteiger partial charge in [-0.05, 0) is 44.5 Å². The summed E-state index contributed by atoms with van der Waals surface area (Å²) in [6, 6.07) is 6.88. The van der Waals surface area contributed by atoms with Crippen LogP contribution in [0.15, 0.2) is 24.3 Å². The molecule has 1 unspecified atom stereocenters. The number of amides is 2. The highest BCUT2D eigenvalue weighted by Crippen LogP contribution is 2.22. The van der Waals surface area contributed by atoms with Crippen LogP contribution in [0.2, 0.25) is 0 Å². The van der Waals surface area contributed by atoms with Crippen molar-refractivity contribution < 1.29 is 14.3 Å². The predicted molar refractivity (Wildman–Crippen MR) is 81.2 cm³/mol. The molecule has 114 valence electrons. The molecule has 0 spiro atoms. The minimum Gasteiger partial charge on any atom is -0.494 e. The molecule has 5 heteroatoms. The maximum atomic E-state index is 12.2. The second kappa shape index (κ2) is 6.61. The van der Waals surface area contributed by atoms with Crippen molar-refractivity contribution in [3.8, 4) is 5.75 Å². The SMILES string of the molecule is CCCOc1ccc(NC2CC(=O)N(C(C)C)C2=O)cc1. The summed E-state index contributed by atoms with van der Waals surface area (Å²) in [7, 11) is 0. The van der Waals surface area contributed by atoms with E-state index in [2.05, 4.69) is 12.2 Å². The van der Waals surface area contributed by atoms with Crippen LogP contribution in [0.5, 0.6) is 5.75 Å². The molecule has 1 saturated heterocycles. The molecule has 0 radical (unpaired) electrons. The second-order valence-corrected chi connectivity index (χ2v) is 5.47. The number of rotatable bonds is 6. The maximum absolute atomic E-state index is 12.2. The van der Waals surface area contributed by atoms with Gasteiger partial charge < -0.3 is 10.1 Å². The first-order valence-electron chi connectivity index (χ1n) is 7.38. The lowest BCUT2D eigenvalue weighted by molar-refractivity contribution is -0.140. The van der Waals surface area contributed by atoms with E-state index >= 15 is 0 Å². The number of likely N-dealkylation sites (tertiary alicyclic amines) is 1. The van der Waals surface area contributed by atoms with Gasteiger partial charge in [0.25, 0.3) is 5.91 Å². The quantitative estimate of drug-likeness (QED) is 0.817.